The van der Waals surface area contributed by atoms with Crippen molar-refractivity contribution in [2.24, 2.45) is 0 Å². The second-order valence-corrected chi connectivity index (χ2v) is 5.36. The first-order valence-corrected chi connectivity index (χ1v) is 7.22. The number of nitrogens with zero attached hydrogens (tertiary/aromatic N) is 3. The topological polar surface area (TPSA) is 46.5 Å². The first kappa shape index (κ1) is 12.3. The summed E-state index contributed by atoms with van der Waals surface area (Å²) in [6, 6.07) is 6.13. The largest absolute Gasteiger partial charge is 0.293 e. The summed E-state index contributed by atoms with van der Waals surface area (Å²) in [5.74, 6) is 0.816. The maximum Gasteiger partial charge on any atom is 0.196 e. The van der Waals surface area contributed by atoms with Crippen molar-refractivity contribution >= 4 is 23.6 Å². The molecule has 3 aromatic heterocycles. The van der Waals surface area contributed by atoms with Gasteiger partial charge in [-0.05, 0) is 53.7 Å². The van der Waals surface area contributed by atoms with Gasteiger partial charge in [0.1, 0.15) is 0 Å². The van der Waals surface area contributed by atoms with Crippen LogP contribution < -0.4 is 0 Å². The molecule has 0 fully saturated rings. The number of pyridine rings is 1. The van der Waals surface area contributed by atoms with Gasteiger partial charge in [0.25, 0.3) is 0 Å². The maximum atomic E-state index is 5.35. The van der Waals surface area contributed by atoms with Crippen LogP contribution in [0, 0.1) is 4.77 Å². The van der Waals surface area contributed by atoms with Crippen molar-refractivity contribution in [3.8, 4) is 11.4 Å². The van der Waals surface area contributed by atoms with E-state index in [1.54, 1.807) is 23.7 Å². The molecule has 1 atom stereocenters. The van der Waals surface area contributed by atoms with Crippen LogP contribution in [0.2, 0.25) is 0 Å². The molecule has 1 N–H and O–H groups in total. The van der Waals surface area contributed by atoms with Gasteiger partial charge in [0, 0.05) is 18.0 Å². The molecular formula is C13H12N4S2. The highest BCUT2D eigenvalue weighted by atomic mass is 32.1. The van der Waals surface area contributed by atoms with Gasteiger partial charge in [0.05, 0.1) is 6.04 Å². The van der Waals surface area contributed by atoms with Crippen molar-refractivity contribution in [1.82, 2.24) is 19.7 Å². The lowest BCUT2D eigenvalue weighted by molar-refractivity contribution is 0.637. The SMILES string of the molecule is CC(c1ccsc1)n1c(-c2cccnc2)n[nH]c1=S. The Kier molecular flexibility index (Phi) is 3.27. The van der Waals surface area contributed by atoms with Gasteiger partial charge in [-0.2, -0.15) is 16.4 Å². The fraction of sp³-hybridized carbons (Fsp3) is 0.154. The number of thiophene rings is 1. The second kappa shape index (κ2) is 5.07. The summed E-state index contributed by atoms with van der Waals surface area (Å²) in [4.78, 5) is 4.13. The van der Waals surface area contributed by atoms with Gasteiger partial charge >= 0.3 is 0 Å². The summed E-state index contributed by atoms with van der Waals surface area (Å²) in [7, 11) is 0. The van der Waals surface area contributed by atoms with Crippen molar-refractivity contribution in [2.75, 3.05) is 0 Å². The summed E-state index contributed by atoms with van der Waals surface area (Å²) in [6.07, 6.45) is 3.54. The summed E-state index contributed by atoms with van der Waals surface area (Å²) >= 11 is 7.03. The lowest BCUT2D eigenvalue weighted by Crippen LogP contribution is -2.08. The molecule has 0 bridgehead atoms. The molecule has 3 heterocycles. The zero-order valence-corrected chi connectivity index (χ0v) is 11.9. The van der Waals surface area contributed by atoms with Crippen LogP contribution in [0.1, 0.15) is 18.5 Å². The van der Waals surface area contributed by atoms with E-state index < -0.39 is 0 Å². The van der Waals surface area contributed by atoms with Crippen molar-refractivity contribution in [3.63, 3.8) is 0 Å². The molecule has 1 unspecified atom stereocenters. The van der Waals surface area contributed by atoms with Gasteiger partial charge in [-0.1, -0.05) is 0 Å². The Bertz CT molecular complexity index is 713. The van der Waals surface area contributed by atoms with E-state index in [1.165, 1.54) is 5.56 Å². The third kappa shape index (κ3) is 2.24. The van der Waals surface area contributed by atoms with E-state index in [2.05, 4.69) is 38.9 Å². The molecule has 4 nitrogen and oxygen atoms in total. The molecule has 0 saturated carbocycles. The zero-order valence-electron chi connectivity index (χ0n) is 10.3. The van der Waals surface area contributed by atoms with E-state index in [0.29, 0.717) is 4.77 Å². The van der Waals surface area contributed by atoms with Crippen LogP contribution in [0.5, 0.6) is 0 Å². The van der Waals surface area contributed by atoms with Crippen LogP contribution in [0.3, 0.4) is 0 Å². The lowest BCUT2D eigenvalue weighted by atomic mass is 10.1. The van der Waals surface area contributed by atoms with Crippen LogP contribution in [0.15, 0.2) is 41.4 Å². The molecule has 0 aliphatic rings. The van der Waals surface area contributed by atoms with Gasteiger partial charge in [-0.15, -0.1) is 0 Å². The Morgan fingerprint density at radius 1 is 1.42 bits per heavy atom. The molecule has 3 aromatic rings. The standard InChI is InChI=1S/C13H12N4S2/c1-9(11-4-6-19-8-11)17-12(15-16-13(17)18)10-3-2-5-14-7-10/h2-9H,1H3,(H,16,18). The normalized spacial score (nSPS) is 12.5. The average molecular weight is 288 g/mol. The summed E-state index contributed by atoms with van der Waals surface area (Å²) in [5, 5.41) is 11.4. The number of hydrogen-bond donors (Lipinski definition) is 1. The van der Waals surface area contributed by atoms with Crippen molar-refractivity contribution < 1.29 is 0 Å². The van der Waals surface area contributed by atoms with E-state index in [-0.39, 0.29) is 6.04 Å². The Morgan fingerprint density at radius 3 is 3.00 bits per heavy atom. The van der Waals surface area contributed by atoms with Crippen molar-refractivity contribution in [2.45, 2.75) is 13.0 Å². The molecular weight excluding hydrogens is 276 g/mol. The van der Waals surface area contributed by atoms with Crippen molar-refractivity contribution in [1.29, 1.82) is 0 Å². The highest BCUT2D eigenvalue weighted by Gasteiger charge is 2.16. The minimum absolute atomic E-state index is 0.146. The summed E-state index contributed by atoms with van der Waals surface area (Å²) in [5.41, 5.74) is 2.18. The lowest BCUT2D eigenvalue weighted by Gasteiger charge is -2.14. The van der Waals surface area contributed by atoms with Gasteiger partial charge < -0.3 is 0 Å². The fourth-order valence-corrected chi connectivity index (χ4v) is 3.06. The third-order valence-corrected chi connectivity index (χ3v) is 4.03. The highest BCUT2D eigenvalue weighted by Crippen LogP contribution is 2.26. The van der Waals surface area contributed by atoms with Gasteiger partial charge in [0.15, 0.2) is 10.6 Å². The number of aromatic nitrogens is 4. The Morgan fingerprint density at radius 2 is 2.32 bits per heavy atom. The molecule has 19 heavy (non-hydrogen) atoms. The maximum absolute atomic E-state index is 5.35. The molecule has 0 aliphatic carbocycles. The average Bonchev–Trinajstić information content (AvgIpc) is 3.08. The second-order valence-electron chi connectivity index (χ2n) is 4.20. The monoisotopic (exact) mass is 288 g/mol. The quantitative estimate of drug-likeness (QED) is 0.748. The fourth-order valence-electron chi connectivity index (χ4n) is 2.02. The molecule has 0 aromatic carbocycles. The predicted molar refractivity (Wildman–Crippen MR) is 78.8 cm³/mol. The van der Waals surface area contributed by atoms with Crippen LogP contribution in [0.25, 0.3) is 11.4 Å². The van der Waals surface area contributed by atoms with E-state index in [0.717, 1.165) is 11.4 Å². The molecule has 6 heteroatoms. The minimum atomic E-state index is 0.146. The molecule has 0 saturated heterocycles. The predicted octanol–water partition coefficient (Wildman–Crippen LogP) is 3.67. The van der Waals surface area contributed by atoms with Gasteiger partial charge in [-0.25, -0.2) is 0 Å². The number of aromatic amines is 1. The van der Waals surface area contributed by atoms with Crippen LogP contribution in [-0.4, -0.2) is 19.7 Å². The Balaban J connectivity index is 2.12. The van der Waals surface area contributed by atoms with E-state index in [1.807, 2.05) is 16.7 Å². The molecule has 0 spiro atoms. The molecule has 0 amide bonds. The molecule has 0 aliphatic heterocycles. The minimum Gasteiger partial charge on any atom is -0.293 e. The van der Waals surface area contributed by atoms with Crippen LogP contribution >= 0.6 is 23.6 Å². The smallest absolute Gasteiger partial charge is 0.196 e. The van der Waals surface area contributed by atoms with Gasteiger partial charge in [-0.3, -0.25) is 14.6 Å². The van der Waals surface area contributed by atoms with Gasteiger partial charge in [0.2, 0.25) is 0 Å². The first-order valence-electron chi connectivity index (χ1n) is 5.87. The number of rotatable bonds is 3. The summed E-state index contributed by atoms with van der Waals surface area (Å²) < 4.78 is 2.64. The van der Waals surface area contributed by atoms with Crippen LogP contribution in [-0.2, 0) is 0 Å². The third-order valence-electron chi connectivity index (χ3n) is 3.04. The molecule has 3 rings (SSSR count). The number of hydrogen-bond acceptors (Lipinski definition) is 4. The summed E-state index contributed by atoms with van der Waals surface area (Å²) in [6.45, 7) is 2.12. The van der Waals surface area contributed by atoms with Crippen molar-refractivity contribution in [3.05, 3.63) is 51.7 Å². The molecule has 0 radical (unpaired) electrons. The highest BCUT2D eigenvalue weighted by molar-refractivity contribution is 7.71. The number of H-pyrrole nitrogens is 1. The number of nitrogens with one attached hydrogen (secondary N) is 1. The van der Waals surface area contributed by atoms with Crippen LogP contribution in [0.4, 0.5) is 0 Å². The Labute approximate surface area is 119 Å². The van der Waals surface area contributed by atoms with E-state index in [4.69, 9.17) is 12.2 Å². The Hall–Kier alpha value is -1.79. The van der Waals surface area contributed by atoms with E-state index >= 15 is 0 Å². The first-order chi connectivity index (χ1) is 9.27. The zero-order chi connectivity index (χ0) is 13.2. The van der Waals surface area contributed by atoms with E-state index in [9.17, 15) is 0 Å². The molecule has 96 valence electrons.